The van der Waals surface area contributed by atoms with E-state index in [4.69, 9.17) is 0 Å². The standard InChI is InChI=1S/C38H52N4.2HI/c1-2-6-10-18-28-40-36-26-32-42(38-24-16-14-22-34(36)38)30-20-12-8-4-3-7-11-19-29-41-31-25-35(39-27-17-9-5-1)33-21-13-15-23-37(33)41;;/h13-16,21-26,31-32H,1-12,17-20,27-30H2;2*1H. The largest absolute Gasteiger partial charge is 1.00 e. The van der Waals surface area contributed by atoms with E-state index < -0.39 is 0 Å². The SMILES string of the molecule is [I-].[I-].c1ccc2c(c1)c1cc[n+]2CCCCCCCCCC[n+]2ccc(c3ccccc32)NCCCCCCCCCCN1. The van der Waals surface area contributed by atoms with E-state index >= 15 is 0 Å². The van der Waals surface area contributed by atoms with Crippen molar-refractivity contribution in [2.75, 3.05) is 23.7 Å². The number of nitrogens with one attached hydrogen (secondary N) is 2. The lowest BCUT2D eigenvalue weighted by atomic mass is 10.1. The molecule has 0 atom stereocenters. The molecular formula is C38H54I2N4. The minimum absolute atomic E-state index is 0. The summed E-state index contributed by atoms with van der Waals surface area (Å²) in [6.07, 6.45) is 25.8. The van der Waals surface area contributed by atoms with Crippen molar-refractivity contribution in [3.63, 3.8) is 0 Å². The van der Waals surface area contributed by atoms with E-state index in [2.05, 4.69) is 92.8 Å². The zero-order valence-corrected chi connectivity index (χ0v) is 31.0. The van der Waals surface area contributed by atoms with E-state index in [0.717, 1.165) is 26.2 Å². The normalized spacial score (nSPS) is 17.1. The molecule has 2 aliphatic heterocycles. The predicted molar refractivity (Wildman–Crippen MR) is 179 cm³/mol. The number of anilines is 2. The van der Waals surface area contributed by atoms with Crippen LogP contribution in [-0.4, -0.2) is 13.1 Å². The van der Waals surface area contributed by atoms with Gasteiger partial charge in [0, 0.05) is 50.2 Å². The molecule has 44 heavy (non-hydrogen) atoms. The van der Waals surface area contributed by atoms with Crippen LogP contribution in [0.2, 0.25) is 0 Å². The average Bonchev–Trinajstić information content (AvgIpc) is 3.03. The van der Waals surface area contributed by atoms with Crippen LogP contribution in [0, 0.1) is 0 Å². The third kappa shape index (κ3) is 11.3. The second-order valence-electron chi connectivity index (χ2n) is 12.4. The smallest absolute Gasteiger partial charge is 0.214 e. The van der Waals surface area contributed by atoms with Gasteiger partial charge in [0.25, 0.3) is 0 Å². The molecule has 0 spiro atoms. The van der Waals surface area contributed by atoms with E-state index in [1.165, 1.54) is 136 Å². The minimum atomic E-state index is 0. The molecule has 2 N–H and O–H groups in total. The van der Waals surface area contributed by atoms with E-state index in [1.807, 2.05) is 0 Å². The van der Waals surface area contributed by atoms with Crippen LogP contribution in [0.5, 0.6) is 0 Å². The van der Waals surface area contributed by atoms with Crippen LogP contribution in [0.4, 0.5) is 11.4 Å². The molecule has 4 heterocycles. The van der Waals surface area contributed by atoms with Crippen LogP contribution in [0.1, 0.15) is 103 Å². The zero-order chi connectivity index (χ0) is 28.7. The van der Waals surface area contributed by atoms with E-state index in [9.17, 15) is 0 Å². The number of pyridine rings is 2. The summed E-state index contributed by atoms with van der Waals surface area (Å²) in [5.41, 5.74) is 5.30. The molecule has 0 aliphatic carbocycles. The van der Waals surface area contributed by atoms with Crippen LogP contribution < -0.4 is 67.7 Å². The maximum Gasteiger partial charge on any atom is 0.214 e. The Hall–Kier alpha value is -1.68. The molecule has 2 aromatic heterocycles. The van der Waals surface area contributed by atoms with E-state index in [1.54, 1.807) is 0 Å². The van der Waals surface area contributed by atoms with Crippen molar-refractivity contribution in [1.82, 2.24) is 0 Å². The monoisotopic (exact) mass is 820 g/mol. The number of para-hydroxylation sites is 2. The van der Waals surface area contributed by atoms with Crippen molar-refractivity contribution in [2.45, 2.75) is 116 Å². The Morgan fingerprint density at radius 2 is 0.727 bits per heavy atom. The number of nitrogens with zero attached hydrogens (tertiary/aromatic N) is 2. The third-order valence-corrected chi connectivity index (χ3v) is 9.13. The number of hydrogen-bond acceptors (Lipinski definition) is 2. The molecule has 0 saturated heterocycles. The zero-order valence-electron chi connectivity index (χ0n) is 26.7. The lowest BCUT2D eigenvalue weighted by Crippen LogP contribution is -3.00. The Bertz CT molecular complexity index is 1270. The molecule has 0 unspecified atom stereocenters. The summed E-state index contributed by atoms with van der Waals surface area (Å²) < 4.78 is 4.92. The molecular weight excluding hydrogens is 766 g/mol. The molecule has 2 aromatic carbocycles. The third-order valence-electron chi connectivity index (χ3n) is 9.13. The number of hydrogen-bond donors (Lipinski definition) is 2. The lowest BCUT2D eigenvalue weighted by Gasteiger charge is -2.10. The number of rotatable bonds is 0. The van der Waals surface area contributed by atoms with Gasteiger partial charge < -0.3 is 58.6 Å². The van der Waals surface area contributed by atoms with Crippen molar-refractivity contribution in [3.05, 3.63) is 73.1 Å². The van der Waals surface area contributed by atoms with Crippen molar-refractivity contribution in [3.8, 4) is 0 Å². The van der Waals surface area contributed by atoms with Gasteiger partial charge in [0.1, 0.15) is 13.1 Å². The van der Waals surface area contributed by atoms with Crippen molar-refractivity contribution >= 4 is 33.2 Å². The molecule has 0 radical (unpaired) electrons. The van der Waals surface area contributed by atoms with E-state index in [0.29, 0.717) is 0 Å². The molecule has 0 amide bonds. The van der Waals surface area contributed by atoms with Crippen LogP contribution in [0.15, 0.2) is 73.1 Å². The number of aromatic nitrogens is 2. The first-order valence-electron chi connectivity index (χ1n) is 17.2. The number of benzene rings is 2. The first-order chi connectivity index (χ1) is 20.9. The molecule has 6 heteroatoms. The Morgan fingerprint density at radius 3 is 1.14 bits per heavy atom. The van der Waals surface area contributed by atoms with Crippen LogP contribution in [-0.2, 0) is 13.1 Å². The highest BCUT2D eigenvalue weighted by Crippen LogP contribution is 2.22. The number of halogens is 2. The Kier molecular flexibility index (Phi) is 17.7. The highest BCUT2D eigenvalue weighted by molar-refractivity contribution is 5.89. The summed E-state index contributed by atoms with van der Waals surface area (Å²) in [4.78, 5) is 0. The molecule has 4 bridgehead atoms. The lowest BCUT2D eigenvalue weighted by molar-refractivity contribution is -0.672. The van der Waals surface area contributed by atoms with Gasteiger partial charge in [-0.1, -0.05) is 88.5 Å². The Morgan fingerprint density at radius 1 is 0.386 bits per heavy atom. The summed E-state index contributed by atoms with van der Waals surface area (Å²) >= 11 is 0. The molecule has 0 saturated carbocycles. The summed E-state index contributed by atoms with van der Waals surface area (Å²) in [6.45, 7) is 4.35. The fourth-order valence-corrected chi connectivity index (χ4v) is 6.65. The van der Waals surface area contributed by atoms with E-state index in [-0.39, 0.29) is 48.0 Å². The Labute approximate surface area is 300 Å². The van der Waals surface area contributed by atoms with Crippen molar-refractivity contribution in [2.24, 2.45) is 0 Å². The first-order valence-corrected chi connectivity index (χ1v) is 17.2. The summed E-state index contributed by atoms with van der Waals surface area (Å²) in [5.74, 6) is 0. The fraction of sp³-hybridized carbons (Fsp3) is 0.526. The number of aryl methyl sites for hydroxylation is 2. The van der Waals surface area contributed by atoms with Gasteiger partial charge in [-0.25, -0.2) is 0 Å². The van der Waals surface area contributed by atoms with Gasteiger partial charge in [0.05, 0.1) is 22.1 Å². The highest BCUT2D eigenvalue weighted by atomic mass is 127. The van der Waals surface area contributed by atoms with Crippen LogP contribution >= 0.6 is 0 Å². The quantitative estimate of drug-likeness (QED) is 0.211. The second kappa shape index (κ2) is 21.2. The summed E-state index contributed by atoms with van der Waals surface area (Å²) in [6, 6.07) is 22.4. The molecule has 0 fully saturated rings. The molecule has 6 rings (SSSR count). The van der Waals surface area contributed by atoms with Crippen LogP contribution in [0.3, 0.4) is 0 Å². The predicted octanol–water partition coefficient (Wildman–Crippen LogP) is 3.36. The fourth-order valence-electron chi connectivity index (χ4n) is 6.65. The van der Waals surface area contributed by atoms with Crippen molar-refractivity contribution in [1.29, 1.82) is 0 Å². The molecule has 240 valence electrons. The number of fused-ring (bicyclic) bond motifs is 22. The topological polar surface area (TPSA) is 31.8 Å². The first kappa shape index (κ1) is 36.8. The van der Waals surface area contributed by atoms with Crippen LogP contribution in [0.25, 0.3) is 21.8 Å². The van der Waals surface area contributed by atoms with Crippen molar-refractivity contribution < 1.29 is 57.1 Å². The maximum absolute atomic E-state index is 3.75. The Balaban J connectivity index is 0.00000264. The van der Waals surface area contributed by atoms with Gasteiger partial charge in [-0.2, -0.15) is 9.13 Å². The van der Waals surface area contributed by atoms with Gasteiger partial charge >= 0.3 is 0 Å². The molecule has 4 aromatic rings. The van der Waals surface area contributed by atoms with Gasteiger partial charge in [-0.05, 0) is 37.8 Å². The van der Waals surface area contributed by atoms with Gasteiger partial charge in [0.15, 0.2) is 12.4 Å². The average molecular weight is 821 g/mol. The molecule has 4 nitrogen and oxygen atoms in total. The van der Waals surface area contributed by atoms with Gasteiger partial charge in [0.2, 0.25) is 11.0 Å². The maximum atomic E-state index is 3.75. The minimum Gasteiger partial charge on any atom is -1.00 e. The van der Waals surface area contributed by atoms with Gasteiger partial charge in [-0.15, -0.1) is 0 Å². The summed E-state index contributed by atoms with van der Waals surface area (Å²) in [7, 11) is 0. The highest BCUT2D eigenvalue weighted by Gasteiger charge is 2.13. The summed E-state index contributed by atoms with van der Waals surface area (Å²) in [5, 5.41) is 10.2. The second-order valence-corrected chi connectivity index (χ2v) is 12.4. The van der Waals surface area contributed by atoms with Gasteiger partial charge in [-0.3, -0.25) is 0 Å². The molecule has 2 aliphatic rings.